The molecule has 0 fully saturated rings. The molecule has 1 amide bonds. The second-order valence-corrected chi connectivity index (χ2v) is 3.59. The van der Waals surface area contributed by atoms with E-state index < -0.39 is 18.5 Å². The maximum atomic E-state index is 12.0. The number of amides is 1. The van der Waals surface area contributed by atoms with Crippen LogP contribution in [0.15, 0.2) is 18.2 Å². The van der Waals surface area contributed by atoms with Crippen molar-refractivity contribution in [3.63, 3.8) is 0 Å². The molecule has 0 aliphatic carbocycles. The number of hydrogen-bond acceptors (Lipinski definition) is 5. The van der Waals surface area contributed by atoms with Gasteiger partial charge in [-0.25, -0.2) is 4.79 Å². The predicted molar refractivity (Wildman–Crippen MR) is 71.7 cm³/mol. The second kappa shape index (κ2) is 7.69. The van der Waals surface area contributed by atoms with E-state index in [1.54, 1.807) is 18.2 Å². The SMILES string of the molecule is C#CCNC(=O)COC(=O)c1c(OC)cccc1OC. The lowest BCUT2D eigenvalue weighted by atomic mass is 10.2. The lowest BCUT2D eigenvalue weighted by Crippen LogP contribution is -2.29. The van der Waals surface area contributed by atoms with E-state index in [1.807, 2.05) is 0 Å². The Labute approximate surface area is 117 Å². The van der Waals surface area contributed by atoms with Gasteiger partial charge in [0.25, 0.3) is 5.91 Å². The molecule has 0 saturated carbocycles. The molecule has 106 valence electrons. The molecule has 0 aromatic heterocycles. The molecule has 6 heteroatoms. The zero-order chi connectivity index (χ0) is 15.0. The van der Waals surface area contributed by atoms with Gasteiger partial charge in [-0.05, 0) is 12.1 Å². The first-order valence-corrected chi connectivity index (χ1v) is 5.72. The first-order chi connectivity index (χ1) is 9.63. The number of rotatable bonds is 6. The van der Waals surface area contributed by atoms with Crippen LogP contribution in [0.1, 0.15) is 10.4 Å². The summed E-state index contributed by atoms with van der Waals surface area (Å²) in [5.41, 5.74) is 0.127. The summed E-state index contributed by atoms with van der Waals surface area (Å²) in [7, 11) is 2.84. The molecule has 0 atom stereocenters. The number of benzene rings is 1. The van der Waals surface area contributed by atoms with Gasteiger partial charge in [0.2, 0.25) is 0 Å². The normalized spacial score (nSPS) is 9.25. The number of hydrogen-bond donors (Lipinski definition) is 1. The Morgan fingerprint density at radius 1 is 1.25 bits per heavy atom. The van der Waals surface area contributed by atoms with Crippen molar-refractivity contribution in [3.8, 4) is 23.8 Å². The molecule has 1 rings (SSSR count). The number of esters is 1. The van der Waals surface area contributed by atoms with Crippen LogP contribution in [0.5, 0.6) is 11.5 Å². The first kappa shape index (κ1) is 15.4. The highest BCUT2D eigenvalue weighted by Crippen LogP contribution is 2.28. The minimum atomic E-state index is -0.713. The smallest absolute Gasteiger partial charge is 0.346 e. The number of methoxy groups -OCH3 is 2. The van der Waals surface area contributed by atoms with Gasteiger partial charge in [0.15, 0.2) is 6.61 Å². The Kier molecular flexibility index (Phi) is 5.91. The van der Waals surface area contributed by atoms with Gasteiger partial charge >= 0.3 is 5.97 Å². The fourth-order valence-electron chi connectivity index (χ4n) is 1.46. The Bertz CT molecular complexity index is 511. The van der Waals surface area contributed by atoms with Crippen molar-refractivity contribution in [2.75, 3.05) is 27.4 Å². The van der Waals surface area contributed by atoms with Crippen LogP contribution in [0.2, 0.25) is 0 Å². The Balaban J connectivity index is 2.77. The van der Waals surface area contributed by atoms with Crippen molar-refractivity contribution in [1.29, 1.82) is 0 Å². The van der Waals surface area contributed by atoms with Crippen LogP contribution in [-0.2, 0) is 9.53 Å². The molecule has 0 heterocycles. The standard InChI is InChI=1S/C14H15NO5/c1-4-8-15-12(16)9-20-14(17)13-10(18-2)6-5-7-11(13)19-3/h1,5-7H,8-9H2,2-3H3,(H,15,16). The van der Waals surface area contributed by atoms with E-state index in [4.69, 9.17) is 20.6 Å². The van der Waals surface area contributed by atoms with E-state index in [0.717, 1.165) is 0 Å². The second-order valence-electron chi connectivity index (χ2n) is 3.59. The maximum Gasteiger partial charge on any atom is 0.346 e. The highest BCUT2D eigenvalue weighted by Gasteiger charge is 2.20. The van der Waals surface area contributed by atoms with Crippen LogP contribution >= 0.6 is 0 Å². The van der Waals surface area contributed by atoms with Crippen LogP contribution in [0.25, 0.3) is 0 Å². The molecule has 0 spiro atoms. The molecule has 20 heavy (non-hydrogen) atoms. The molecular weight excluding hydrogens is 262 g/mol. The summed E-state index contributed by atoms with van der Waals surface area (Å²) in [5.74, 6) is 1.66. The van der Waals surface area contributed by atoms with Gasteiger partial charge in [0, 0.05) is 0 Å². The van der Waals surface area contributed by atoms with E-state index in [-0.39, 0.29) is 12.1 Å². The van der Waals surface area contributed by atoms with Crippen molar-refractivity contribution in [2.45, 2.75) is 0 Å². The van der Waals surface area contributed by atoms with Crippen LogP contribution < -0.4 is 14.8 Å². The lowest BCUT2D eigenvalue weighted by molar-refractivity contribution is -0.123. The quantitative estimate of drug-likeness (QED) is 0.609. The third kappa shape index (κ3) is 3.92. The number of terminal acetylenes is 1. The molecular formula is C14H15NO5. The van der Waals surface area contributed by atoms with Crippen molar-refractivity contribution in [1.82, 2.24) is 5.32 Å². The van der Waals surface area contributed by atoms with Crippen molar-refractivity contribution in [3.05, 3.63) is 23.8 Å². The van der Waals surface area contributed by atoms with Gasteiger partial charge in [0.1, 0.15) is 17.1 Å². The third-order valence-corrected chi connectivity index (χ3v) is 2.35. The van der Waals surface area contributed by atoms with Crippen LogP contribution in [0.3, 0.4) is 0 Å². The van der Waals surface area contributed by atoms with E-state index in [1.165, 1.54) is 14.2 Å². The number of carbonyl (C=O) groups is 2. The Hall–Kier alpha value is -2.68. The van der Waals surface area contributed by atoms with Crippen LogP contribution in [-0.4, -0.2) is 39.2 Å². The molecule has 0 bridgehead atoms. The zero-order valence-corrected chi connectivity index (χ0v) is 11.3. The molecule has 6 nitrogen and oxygen atoms in total. The third-order valence-electron chi connectivity index (χ3n) is 2.35. The minimum absolute atomic E-state index is 0.0777. The Morgan fingerprint density at radius 2 is 1.85 bits per heavy atom. The van der Waals surface area contributed by atoms with E-state index >= 15 is 0 Å². The van der Waals surface area contributed by atoms with Crippen molar-refractivity contribution >= 4 is 11.9 Å². The zero-order valence-electron chi connectivity index (χ0n) is 11.3. The molecule has 0 aliphatic rings. The molecule has 0 radical (unpaired) electrons. The van der Waals surface area contributed by atoms with E-state index in [9.17, 15) is 9.59 Å². The summed E-state index contributed by atoms with van der Waals surface area (Å²) in [6.45, 7) is -0.351. The summed E-state index contributed by atoms with van der Waals surface area (Å²) in [6.07, 6.45) is 4.99. The fraction of sp³-hybridized carbons (Fsp3) is 0.286. The van der Waals surface area contributed by atoms with Crippen LogP contribution in [0.4, 0.5) is 0 Å². The maximum absolute atomic E-state index is 12.0. The van der Waals surface area contributed by atoms with E-state index in [0.29, 0.717) is 11.5 Å². The fourth-order valence-corrected chi connectivity index (χ4v) is 1.46. The number of carbonyl (C=O) groups excluding carboxylic acids is 2. The summed E-state index contributed by atoms with van der Waals surface area (Å²) >= 11 is 0. The van der Waals surface area contributed by atoms with Gasteiger partial charge in [-0.15, -0.1) is 6.42 Å². The molecule has 1 aromatic rings. The van der Waals surface area contributed by atoms with Gasteiger partial charge in [0.05, 0.1) is 20.8 Å². The lowest BCUT2D eigenvalue weighted by Gasteiger charge is -2.12. The monoisotopic (exact) mass is 277 g/mol. The Morgan fingerprint density at radius 3 is 2.35 bits per heavy atom. The van der Waals surface area contributed by atoms with Gasteiger partial charge in [-0.2, -0.15) is 0 Å². The molecule has 1 aromatic carbocycles. The topological polar surface area (TPSA) is 73.9 Å². The molecule has 0 unspecified atom stereocenters. The van der Waals surface area contributed by atoms with Crippen molar-refractivity contribution < 1.29 is 23.8 Å². The number of ether oxygens (including phenoxy) is 3. The van der Waals surface area contributed by atoms with Crippen LogP contribution in [0, 0.1) is 12.3 Å². The highest BCUT2D eigenvalue weighted by molar-refractivity contribution is 5.96. The summed E-state index contributed by atoms with van der Waals surface area (Å²) in [5, 5.41) is 2.38. The largest absolute Gasteiger partial charge is 0.496 e. The van der Waals surface area contributed by atoms with Crippen molar-refractivity contribution in [2.24, 2.45) is 0 Å². The summed E-state index contributed by atoms with van der Waals surface area (Å²) in [4.78, 5) is 23.3. The van der Waals surface area contributed by atoms with Gasteiger partial charge < -0.3 is 19.5 Å². The van der Waals surface area contributed by atoms with Gasteiger partial charge in [-0.1, -0.05) is 12.0 Å². The first-order valence-electron chi connectivity index (χ1n) is 5.72. The predicted octanol–water partition coefficient (Wildman–Crippen LogP) is 0.610. The summed E-state index contributed by atoms with van der Waals surface area (Å²) in [6, 6.07) is 4.86. The van der Waals surface area contributed by atoms with Gasteiger partial charge in [-0.3, -0.25) is 4.79 Å². The minimum Gasteiger partial charge on any atom is -0.496 e. The molecule has 0 aliphatic heterocycles. The van der Waals surface area contributed by atoms with E-state index in [2.05, 4.69) is 11.2 Å². The molecule has 1 N–H and O–H groups in total. The molecule has 0 saturated heterocycles. The number of nitrogens with one attached hydrogen (secondary N) is 1. The average Bonchev–Trinajstić information content (AvgIpc) is 2.49. The highest BCUT2D eigenvalue weighted by atomic mass is 16.5. The average molecular weight is 277 g/mol. The summed E-state index contributed by atoms with van der Waals surface area (Å²) < 4.78 is 15.0.